The van der Waals surface area contributed by atoms with Gasteiger partial charge in [-0.15, -0.1) is 0 Å². The van der Waals surface area contributed by atoms with Crippen molar-refractivity contribution in [3.05, 3.63) is 29.8 Å². The van der Waals surface area contributed by atoms with E-state index in [1.807, 2.05) is 31.2 Å². The first-order valence-electron chi connectivity index (χ1n) is 7.90. The summed E-state index contributed by atoms with van der Waals surface area (Å²) < 4.78 is 5.49. The van der Waals surface area contributed by atoms with Gasteiger partial charge in [-0.3, -0.25) is 4.79 Å². The van der Waals surface area contributed by atoms with E-state index in [0.29, 0.717) is 24.5 Å². The number of ketones is 1. The molecule has 1 aromatic rings. The molecule has 4 nitrogen and oxygen atoms in total. The molecule has 0 saturated heterocycles. The number of rotatable bonds is 11. The quantitative estimate of drug-likeness (QED) is 0.503. The summed E-state index contributed by atoms with van der Waals surface area (Å²) >= 11 is 0. The Balaban J connectivity index is 2.34. The Morgan fingerprint density at radius 3 is 2.57 bits per heavy atom. The minimum Gasteiger partial charge on any atom is -0.493 e. The van der Waals surface area contributed by atoms with Crippen LogP contribution in [0, 0.1) is 0 Å². The van der Waals surface area contributed by atoms with Gasteiger partial charge >= 0.3 is 0 Å². The molecule has 1 N–H and O–H groups in total. The molecule has 0 atom stereocenters. The summed E-state index contributed by atoms with van der Waals surface area (Å²) in [4.78, 5) is 14.6. The van der Waals surface area contributed by atoms with Crippen molar-refractivity contribution >= 4 is 5.78 Å². The highest BCUT2D eigenvalue weighted by atomic mass is 16.5. The highest BCUT2D eigenvalue weighted by molar-refractivity contribution is 6.00. The van der Waals surface area contributed by atoms with Crippen molar-refractivity contribution in [3.8, 4) is 5.75 Å². The molecule has 0 unspecified atom stereocenters. The molecule has 0 amide bonds. The molecule has 0 heterocycles. The van der Waals surface area contributed by atoms with Gasteiger partial charge in [0.15, 0.2) is 5.78 Å². The Hall–Kier alpha value is -1.39. The Morgan fingerprint density at radius 1 is 1.19 bits per heavy atom. The van der Waals surface area contributed by atoms with Crippen LogP contribution in [0.25, 0.3) is 0 Å². The molecule has 0 saturated carbocycles. The van der Waals surface area contributed by atoms with Crippen LogP contribution in [0.4, 0.5) is 0 Å². The van der Waals surface area contributed by atoms with Crippen LogP contribution in [0.2, 0.25) is 0 Å². The number of ether oxygens (including phenoxy) is 1. The maximum atomic E-state index is 12.2. The Kier molecular flexibility index (Phi) is 8.71. The van der Waals surface area contributed by atoms with E-state index in [9.17, 15) is 4.79 Å². The fourth-order valence-corrected chi connectivity index (χ4v) is 2.24. The molecule has 0 fully saturated rings. The van der Waals surface area contributed by atoms with E-state index >= 15 is 0 Å². The maximum Gasteiger partial charge on any atom is 0.180 e. The van der Waals surface area contributed by atoms with E-state index < -0.39 is 0 Å². The van der Waals surface area contributed by atoms with Crippen LogP contribution in [0.15, 0.2) is 24.3 Å². The smallest absolute Gasteiger partial charge is 0.180 e. The molecule has 0 spiro atoms. The van der Waals surface area contributed by atoms with Gasteiger partial charge < -0.3 is 15.0 Å². The highest BCUT2D eigenvalue weighted by Gasteiger charge is 2.11. The minimum absolute atomic E-state index is 0.0851. The molecule has 0 bridgehead atoms. The van der Waals surface area contributed by atoms with Gasteiger partial charge in [0.2, 0.25) is 0 Å². The molecule has 4 heteroatoms. The lowest BCUT2D eigenvalue weighted by atomic mass is 10.1. The van der Waals surface area contributed by atoms with E-state index in [1.165, 1.54) is 0 Å². The predicted octanol–water partition coefficient (Wildman–Crippen LogP) is 2.59. The number of nitrogens with one attached hydrogen (secondary N) is 1. The molecule has 1 aromatic carbocycles. The molecule has 0 aliphatic carbocycles. The number of nitrogens with zero attached hydrogens (tertiary/aromatic N) is 1. The summed E-state index contributed by atoms with van der Waals surface area (Å²) in [6.07, 6.45) is 1.06. The molecular weight excluding hydrogens is 264 g/mol. The van der Waals surface area contributed by atoms with Gasteiger partial charge in [0, 0.05) is 0 Å². The number of carbonyl (C=O) groups is 1. The summed E-state index contributed by atoms with van der Waals surface area (Å²) in [5.41, 5.74) is 0.663. The normalized spacial score (nSPS) is 10.9. The molecule has 118 valence electrons. The Morgan fingerprint density at radius 2 is 1.90 bits per heavy atom. The number of para-hydroxylation sites is 1. The van der Waals surface area contributed by atoms with E-state index in [1.54, 1.807) is 0 Å². The van der Waals surface area contributed by atoms with Crippen molar-refractivity contribution < 1.29 is 9.53 Å². The van der Waals surface area contributed by atoms with Crippen molar-refractivity contribution in [2.24, 2.45) is 0 Å². The SMILES string of the molecule is CCOc1ccccc1C(=O)CNCCCN(CC)CC. The predicted molar refractivity (Wildman–Crippen MR) is 87.2 cm³/mol. The molecule has 21 heavy (non-hydrogen) atoms. The van der Waals surface area contributed by atoms with Crippen molar-refractivity contribution in [2.45, 2.75) is 27.2 Å². The summed E-state index contributed by atoms with van der Waals surface area (Å²) in [5.74, 6) is 0.761. The first kappa shape index (κ1) is 17.7. The zero-order valence-corrected chi connectivity index (χ0v) is 13.5. The van der Waals surface area contributed by atoms with Gasteiger partial charge in [-0.1, -0.05) is 26.0 Å². The summed E-state index contributed by atoms with van der Waals surface area (Å²) in [5, 5.41) is 3.22. The molecule has 0 aliphatic heterocycles. The van der Waals surface area contributed by atoms with Gasteiger partial charge in [0.25, 0.3) is 0 Å². The molecule has 0 aromatic heterocycles. The highest BCUT2D eigenvalue weighted by Crippen LogP contribution is 2.18. The van der Waals surface area contributed by atoms with Gasteiger partial charge in [0.05, 0.1) is 18.7 Å². The number of hydrogen-bond acceptors (Lipinski definition) is 4. The molecule has 0 aliphatic rings. The third kappa shape index (κ3) is 6.27. The fourth-order valence-electron chi connectivity index (χ4n) is 2.24. The molecule has 1 rings (SSSR count). The molecule has 0 radical (unpaired) electrons. The van der Waals surface area contributed by atoms with Crippen LogP contribution in [-0.4, -0.2) is 50.0 Å². The number of benzene rings is 1. The van der Waals surface area contributed by atoms with Gasteiger partial charge in [-0.25, -0.2) is 0 Å². The largest absolute Gasteiger partial charge is 0.493 e. The fraction of sp³-hybridized carbons (Fsp3) is 0.588. The lowest BCUT2D eigenvalue weighted by Crippen LogP contribution is -2.29. The van der Waals surface area contributed by atoms with Gasteiger partial charge in [0.1, 0.15) is 5.75 Å². The first-order valence-corrected chi connectivity index (χ1v) is 7.90. The van der Waals surface area contributed by atoms with Crippen molar-refractivity contribution in [1.82, 2.24) is 10.2 Å². The third-order valence-electron chi connectivity index (χ3n) is 3.50. The van der Waals surface area contributed by atoms with Crippen LogP contribution in [0.5, 0.6) is 5.75 Å². The molecular formula is C17H28N2O2. The third-order valence-corrected chi connectivity index (χ3v) is 3.50. The lowest BCUT2D eigenvalue weighted by Gasteiger charge is -2.17. The number of hydrogen-bond donors (Lipinski definition) is 1. The number of Topliss-reactive ketones (excluding diaryl/α,β-unsaturated/α-hetero) is 1. The summed E-state index contributed by atoms with van der Waals surface area (Å²) in [6, 6.07) is 7.43. The van der Waals surface area contributed by atoms with E-state index in [4.69, 9.17) is 4.74 Å². The summed E-state index contributed by atoms with van der Waals surface area (Å²) in [6.45, 7) is 11.3. The minimum atomic E-state index is 0.0851. The maximum absolute atomic E-state index is 12.2. The monoisotopic (exact) mass is 292 g/mol. The number of carbonyl (C=O) groups excluding carboxylic acids is 1. The average Bonchev–Trinajstić information content (AvgIpc) is 2.51. The second-order valence-corrected chi connectivity index (χ2v) is 4.91. The van der Waals surface area contributed by atoms with Crippen molar-refractivity contribution in [2.75, 3.05) is 39.3 Å². The van der Waals surface area contributed by atoms with Gasteiger partial charge in [-0.2, -0.15) is 0 Å². The van der Waals surface area contributed by atoms with Crippen LogP contribution in [0.3, 0.4) is 0 Å². The zero-order chi connectivity index (χ0) is 15.5. The van der Waals surface area contributed by atoms with Crippen LogP contribution >= 0.6 is 0 Å². The van der Waals surface area contributed by atoms with Crippen molar-refractivity contribution in [3.63, 3.8) is 0 Å². The van der Waals surface area contributed by atoms with Crippen molar-refractivity contribution in [1.29, 1.82) is 0 Å². The van der Waals surface area contributed by atoms with E-state index in [0.717, 1.165) is 32.6 Å². The lowest BCUT2D eigenvalue weighted by molar-refractivity contribution is 0.0987. The van der Waals surface area contributed by atoms with Crippen LogP contribution in [0.1, 0.15) is 37.6 Å². The Bertz CT molecular complexity index is 417. The standard InChI is InChI=1S/C17H28N2O2/c1-4-19(5-2)13-9-12-18-14-16(20)15-10-7-8-11-17(15)21-6-3/h7-8,10-11,18H,4-6,9,12-14H2,1-3H3. The van der Waals surface area contributed by atoms with E-state index in [2.05, 4.69) is 24.1 Å². The van der Waals surface area contributed by atoms with Crippen LogP contribution in [-0.2, 0) is 0 Å². The van der Waals surface area contributed by atoms with E-state index in [-0.39, 0.29) is 5.78 Å². The Labute approximate surface area is 128 Å². The first-order chi connectivity index (χ1) is 10.2. The average molecular weight is 292 g/mol. The zero-order valence-electron chi connectivity index (χ0n) is 13.5. The topological polar surface area (TPSA) is 41.6 Å². The second kappa shape index (κ2) is 10.4. The summed E-state index contributed by atoms with van der Waals surface area (Å²) in [7, 11) is 0. The van der Waals surface area contributed by atoms with Crippen LogP contribution < -0.4 is 10.1 Å². The van der Waals surface area contributed by atoms with Gasteiger partial charge in [-0.05, 0) is 51.7 Å². The second-order valence-electron chi connectivity index (χ2n) is 4.91.